The van der Waals surface area contributed by atoms with Crippen LogP contribution < -0.4 is 5.32 Å². The van der Waals surface area contributed by atoms with Crippen molar-refractivity contribution in [3.63, 3.8) is 0 Å². The number of benzene rings is 1. The van der Waals surface area contributed by atoms with Crippen LogP contribution >= 0.6 is 0 Å². The average Bonchev–Trinajstić information content (AvgIpc) is 3.16. The molecule has 0 aliphatic carbocycles. The zero-order valence-electron chi connectivity index (χ0n) is 14.9. The standard InChI is InChI=1S/C20H23N5O/c1-14(17-2-3-19-18(12-17)13-22-24-19)23-20(26)25-10-6-16(7-11-25)15-4-8-21-9-5-15/h2-5,8-9,12-14,16H,6-7,10-11H2,1H3,(H,22,24)(H,23,26). The lowest BCUT2D eigenvalue weighted by atomic mass is 9.90. The van der Waals surface area contributed by atoms with E-state index < -0.39 is 0 Å². The van der Waals surface area contributed by atoms with E-state index in [0.29, 0.717) is 5.92 Å². The number of fused-ring (bicyclic) bond motifs is 1. The zero-order valence-corrected chi connectivity index (χ0v) is 14.9. The Balaban J connectivity index is 1.35. The molecule has 1 aliphatic rings. The lowest BCUT2D eigenvalue weighted by Gasteiger charge is -2.33. The van der Waals surface area contributed by atoms with Crippen LogP contribution in [0.1, 0.15) is 42.9 Å². The van der Waals surface area contributed by atoms with Crippen LogP contribution in [0.2, 0.25) is 0 Å². The second kappa shape index (κ2) is 7.15. The fraction of sp³-hybridized carbons (Fsp3) is 0.350. The van der Waals surface area contributed by atoms with E-state index in [2.05, 4.69) is 38.7 Å². The van der Waals surface area contributed by atoms with Crippen molar-refractivity contribution in [3.8, 4) is 0 Å². The summed E-state index contributed by atoms with van der Waals surface area (Å²) in [7, 11) is 0. The van der Waals surface area contributed by atoms with E-state index in [1.807, 2.05) is 36.4 Å². The lowest BCUT2D eigenvalue weighted by Crippen LogP contribution is -2.44. The highest BCUT2D eigenvalue weighted by Crippen LogP contribution is 2.27. The molecule has 1 atom stereocenters. The van der Waals surface area contributed by atoms with Gasteiger partial charge in [-0.25, -0.2) is 4.79 Å². The number of piperidine rings is 1. The number of urea groups is 1. The Morgan fingerprint density at radius 1 is 1.23 bits per heavy atom. The molecule has 3 aromatic rings. The average molecular weight is 349 g/mol. The summed E-state index contributed by atoms with van der Waals surface area (Å²) < 4.78 is 0. The summed E-state index contributed by atoms with van der Waals surface area (Å²) >= 11 is 0. The number of hydrogen-bond acceptors (Lipinski definition) is 3. The quantitative estimate of drug-likeness (QED) is 0.758. The van der Waals surface area contributed by atoms with Gasteiger partial charge in [0, 0.05) is 30.9 Å². The normalized spacial score (nSPS) is 16.6. The number of pyridine rings is 1. The molecular formula is C20H23N5O. The summed E-state index contributed by atoms with van der Waals surface area (Å²) in [4.78, 5) is 18.6. The molecule has 1 aliphatic heterocycles. The van der Waals surface area contributed by atoms with E-state index in [9.17, 15) is 4.79 Å². The number of H-pyrrole nitrogens is 1. The predicted molar refractivity (Wildman–Crippen MR) is 101 cm³/mol. The van der Waals surface area contributed by atoms with Crippen LogP contribution in [0.5, 0.6) is 0 Å². The van der Waals surface area contributed by atoms with Gasteiger partial charge in [-0.2, -0.15) is 5.10 Å². The van der Waals surface area contributed by atoms with Crippen LogP contribution in [-0.4, -0.2) is 39.2 Å². The summed E-state index contributed by atoms with van der Waals surface area (Å²) in [5.41, 5.74) is 3.41. The maximum absolute atomic E-state index is 12.6. The molecule has 134 valence electrons. The SMILES string of the molecule is CC(NC(=O)N1CCC(c2ccncc2)CC1)c1ccc2[nH]ncc2c1. The fourth-order valence-corrected chi connectivity index (χ4v) is 3.64. The Hall–Kier alpha value is -2.89. The highest BCUT2D eigenvalue weighted by molar-refractivity contribution is 5.79. The topological polar surface area (TPSA) is 73.9 Å². The Bertz CT molecular complexity index is 883. The molecule has 2 amide bonds. The molecule has 1 unspecified atom stereocenters. The predicted octanol–water partition coefficient (Wildman–Crippen LogP) is 3.61. The number of hydrogen-bond donors (Lipinski definition) is 2. The first kappa shape index (κ1) is 16.6. The molecule has 1 fully saturated rings. The third kappa shape index (κ3) is 3.40. The van der Waals surface area contributed by atoms with Crippen molar-refractivity contribution >= 4 is 16.9 Å². The number of rotatable bonds is 3. The van der Waals surface area contributed by atoms with E-state index in [4.69, 9.17) is 0 Å². The van der Waals surface area contributed by atoms with Crippen LogP contribution in [0.15, 0.2) is 48.9 Å². The van der Waals surface area contributed by atoms with Crippen LogP contribution in [0.25, 0.3) is 10.9 Å². The number of likely N-dealkylation sites (tertiary alicyclic amines) is 1. The summed E-state index contributed by atoms with van der Waals surface area (Å²) in [6, 6.07) is 10.2. The fourth-order valence-electron chi connectivity index (χ4n) is 3.64. The summed E-state index contributed by atoms with van der Waals surface area (Å²) in [6.07, 6.45) is 7.47. The first-order valence-electron chi connectivity index (χ1n) is 9.09. The molecule has 2 aromatic heterocycles. The highest BCUT2D eigenvalue weighted by Gasteiger charge is 2.24. The van der Waals surface area contributed by atoms with Gasteiger partial charge in [0.25, 0.3) is 0 Å². The molecule has 2 N–H and O–H groups in total. The van der Waals surface area contributed by atoms with E-state index >= 15 is 0 Å². The van der Waals surface area contributed by atoms with Crippen molar-refractivity contribution in [2.75, 3.05) is 13.1 Å². The first-order valence-corrected chi connectivity index (χ1v) is 9.09. The molecule has 0 radical (unpaired) electrons. The van der Waals surface area contributed by atoms with E-state index in [0.717, 1.165) is 42.4 Å². The number of nitrogens with zero attached hydrogens (tertiary/aromatic N) is 3. The molecular weight excluding hydrogens is 326 g/mol. The van der Waals surface area contributed by atoms with Crippen molar-refractivity contribution < 1.29 is 4.79 Å². The van der Waals surface area contributed by atoms with Crippen molar-refractivity contribution in [2.45, 2.75) is 31.7 Å². The maximum Gasteiger partial charge on any atom is 0.317 e. The Kier molecular flexibility index (Phi) is 4.56. The van der Waals surface area contributed by atoms with Crippen molar-refractivity contribution in [1.29, 1.82) is 0 Å². The largest absolute Gasteiger partial charge is 0.331 e. The molecule has 0 saturated carbocycles. The minimum atomic E-state index is -0.0419. The summed E-state index contributed by atoms with van der Waals surface area (Å²) in [5, 5.41) is 11.2. The van der Waals surface area contributed by atoms with Gasteiger partial charge in [0.15, 0.2) is 0 Å². The number of carbonyl (C=O) groups excluding carboxylic acids is 1. The molecule has 1 aromatic carbocycles. The molecule has 0 bridgehead atoms. The number of amides is 2. The minimum absolute atomic E-state index is 0.0120. The third-order valence-electron chi connectivity index (χ3n) is 5.26. The number of carbonyl (C=O) groups is 1. The molecule has 3 heterocycles. The molecule has 26 heavy (non-hydrogen) atoms. The lowest BCUT2D eigenvalue weighted by molar-refractivity contribution is 0.178. The monoisotopic (exact) mass is 349 g/mol. The maximum atomic E-state index is 12.6. The van der Waals surface area contributed by atoms with Crippen molar-refractivity contribution in [3.05, 3.63) is 60.0 Å². The number of aromatic nitrogens is 3. The summed E-state index contributed by atoms with van der Waals surface area (Å²) in [5.74, 6) is 0.517. The van der Waals surface area contributed by atoms with Crippen LogP contribution in [0.4, 0.5) is 4.79 Å². The van der Waals surface area contributed by atoms with Crippen molar-refractivity contribution in [2.24, 2.45) is 0 Å². The Morgan fingerprint density at radius 2 is 2.00 bits per heavy atom. The van der Waals surface area contributed by atoms with Gasteiger partial charge in [-0.05, 0) is 61.1 Å². The Morgan fingerprint density at radius 3 is 2.77 bits per heavy atom. The molecule has 6 heteroatoms. The highest BCUT2D eigenvalue weighted by atomic mass is 16.2. The number of aromatic amines is 1. The van der Waals surface area contributed by atoms with Crippen LogP contribution in [-0.2, 0) is 0 Å². The second-order valence-corrected chi connectivity index (χ2v) is 6.93. The van der Waals surface area contributed by atoms with Gasteiger partial charge < -0.3 is 10.2 Å². The van der Waals surface area contributed by atoms with Crippen LogP contribution in [0.3, 0.4) is 0 Å². The molecule has 6 nitrogen and oxygen atoms in total. The smallest absolute Gasteiger partial charge is 0.317 e. The van der Waals surface area contributed by atoms with Gasteiger partial charge in [0.05, 0.1) is 17.8 Å². The molecule has 0 spiro atoms. The zero-order chi connectivity index (χ0) is 17.9. The van der Waals surface area contributed by atoms with Crippen LogP contribution in [0, 0.1) is 0 Å². The van der Waals surface area contributed by atoms with Gasteiger partial charge in [0.2, 0.25) is 0 Å². The van der Waals surface area contributed by atoms with Gasteiger partial charge in [-0.15, -0.1) is 0 Å². The number of nitrogens with one attached hydrogen (secondary N) is 2. The van der Waals surface area contributed by atoms with Gasteiger partial charge in [0.1, 0.15) is 0 Å². The first-order chi connectivity index (χ1) is 12.7. The minimum Gasteiger partial charge on any atom is -0.331 e. The third-order valence-corrected chi connectivity index (χ3v) is 5.26. The Labute approximate surface area is 152 Å². The summed E-state index contributed by atoms with van der Waals surface area (Å²) in [6.45, 7) is 3.58. The van der Waals surface area contributed by atoms with E-state index in [-0.39, 0.29) is 12.1 Å². The van der Waals surface area contributed by atoms with Crippen molar-refractivity contribution in [1.82, 2.24) is 25.4 Å². The van der Waals surface area contributed by atoms with E-state index in [1.165, 1.54) is 5.56 Å². The second-order valence-electron chi connectivity index (χ2n) is 6.93. The van der Waals surface area contributed by atoms with Gasteiger partial charge in [-0.3, -0.25) is 10.1 Å². The molecule has 1 saturated heterocycles. The van der Waals surface area contributed by atoms with E-state index in [1.54, 1.807) is 6.20 Å². The van der Waals surface area contributed by atoms with Gasteiger partial charge >= 0.3 is 6.03 Å². The molecule has 4 rings (SSSR count). The van der Waals surface area contributed by atoms with Gasteiger partial charge in [-0.1, -0.05) is 6.07 Å².